The van der Waals surface area contributed by atoms with Crippen LogP contribution in [0, 0.1) is 5.92 Å². The van der Waals surface area contributed by atoms with E-state index in [0.717, 1.165) is 16.5 Å². The molecule has 2 aromatic carbocycles. The van der Waals surface area contributed by atoms with Gasteiger partial charge in [-0.3, -0.25) is 9.59 Å². The molecule has 0 unspecified atom stereocenters. The van der Waals surface area contributed by atoms with Crippen molar-refractivity contribution in [2.75, 3.05) is 25.2 Å². The zero-order valence-corrected chi connectivity index (χ0v) is 19.1. The average Bonchev–Trinajstić information content (AvgIpc) is 3.50. The fourth-order valence-corrected chi connectivity index (χ4v) is 4.69. The van der Waals surface area contributed by atoms with Crippen molar-refractivity contribution in [3.05, 3.63) is 54.2 Å². The number of aromatic amines is 1. The lowest BCUT2D eigenvalue weighted by atomic mass is 9.94. The second kappa shape index (κ2) is 9.57. The van der Waals surface area contributed by atoms with E-state index in [-0.39, 0.29) is 24.5 Å². The molecule has 1 saturated heterocycles. The van der Waals surface area contributed by atoms with Gasteiger partial charge in [0.1, 0.15) is 6.04 Å². The molecule has 10 nitrogen and oxygen atoms in total. The smallest absolute Gasteiger partial charge is 0.312 e. The van der Waals surface area contributed by atoms with E-state index in [0.29, 0.717) is 49.5 Å². The molecule has 1 atom stereocenters. The molecule has 10 heteroatoms. The summed E-state index contributed by atoms with van der Waals surface area (Å²) in [7, 11) is 0. The number of amides is 4. The van der Waals surface area contributed by atoms with Gasteiger partial charge in [-0.2, -0.15) is 0 Å². The highest BCUT2D eigenvalue weighted by molar-refractivity contribution is 5.93. The Morgan fingerprint density at radius 1 is 1.09 bits per heavy atom. The maximum Gasteiger partial charge on any atom is 0.312 e. The Labute approximate surface area is 201 Å². The molecule has 0 radical (unpaired) electrons. The van der Waals surface area contributed by atoms with Crippen LogP contribution in [0.4, 0.5) is 10.5 Å². The monoisotopic (exact) mass is 477 g/mol. The Hall–Kier alpha value is -4.21. The van der Waals surface area contributed by atoms with Crippen LogP contribution in [0.2, 0.25) is 0 Å². The molecule has 3 aromatic rings. The highest BCUT2D eigenvalue weighted by Gasteiger charge is 2.32. The highest BCUT2D eigenvalue weighted by Crippen LogP contribution is 2.34. The molecular formula is C25H27N5O5. The number of carbonyl (C=O) groups excluding carboxylic acids is 3. The second-order valence-corrected chi connectivity index (χ2v) is 8.78. The van der Waals surface area contributed by atoms with Crippen molar-refractivity contribution < 1.29 is 23.9 Å². The first-order valence-corrected chi connectivity index (χ1v) is 11.6. The van der Waals surface area contributed by atoms with Gasteiger partial charge in [-0.15, -0.1) is 0 Å². The van der Waals surface area contributed by atoms with Crippen LogP contribution in [0.5, 0.6) is 11.5 Å². The number of para-hydroxylation sites is 1. The number of anilines is 1. The molecular weight excluding hydrogens is 450 g/mol. The van der Waals surface area contributed by atoms with Crippen LogP contribution in [-0.2, 0) is 16.0 Å². The fraction of sp³-hybridized carbons (Fsp3) is 0.320. The molecule has 5 N–H and O–H groups in total. The number of likely N-dealkylation sites (tertiary alicyclic amines) is 1. The normalized spacial score (nSPS) is 16.2. The van der Waals surface area contributed by atoms with Gasteiger partial charge in [0.2, 0.25) is 18.6 Å². The van der Waals surface area contributed by atoms with Crippen LogP contribution in [0.25, 0.3) is 10.9 Å². The summed E-state index contributed by atoms with van der Waals surface area (Å²) in [5, 5.41) is 6.52. The molecule has 1 aromatic heterocycles. The van der Waals surface area contributed by atoms with Gasteiger partial charge >= 0.3 is 6.03 Å². The summed E-state index contributed by atoms with van der Waals surface area (Å²) in [4.78, 5) is 42.6. The van der Waals surface area contributed by atoms with Crippen molar-refractivity contribution in [1.29, 1.82) is 0 Å². The predicted octanol–water partition coefficient (Wildman–Crippen LogP) is 2.35. The number of carbonyl (C=O) groups is 3. The van der Waals surface area contributed by atoms with Gasteiger partial charge in [0.25, 0.3) is 0 Å². The van der Waals surface area contributed by atoms with Crippen molar-refractivity contribution in [3.63, 3.8) is 0 Å². The number of piperidine rings is 1. The Bertz CT molecular complexity index is 1260. The van der Waals surface area contributed by atoms with Gasteiger partial charge in [0, 0.05) is 54.3 Å². The number of rotatable bonds is 6. The van der Waals surface area contributed by atoms with E-state index < -0.39 is 12.1 Å². The van der Waals surface area contributed by atoms with Gasteiger partial charge in [-0.05, 0) is 36.6 Å². The van der Waals surface area contributed by atoms with E-state index >= 15 is 0 Å². The van der Waals surface area contributed by atoms with E-state index in [1.807, 2.05) is 30.5 Å². The van der Waals surface area contributed by atoms with Crippen LogP contribution in [0.3, 0.4) is 0 Å². The molecule has 2 aliphatic heterocycles. The third kappa shape index (κ3) is 4.86. The zero-order valence-electron chi connectivity index (χ0n) is 19.1. The molecule has 182 valence electrons. The fourth-order valence-electron chi connectivity index (χ4n) is 4.69. The minimum atomic E-state index is -0.786. The van der Waals surface area contributed by atoms with Crippen LogP contribution in [0.1, 0.15) is 18.4 Å². The van der Waals surface area contributed by atoms with E-state index in [1.54, 1.807) is 23.1 Å². The largest absolute Gasteiger partial charge is 0.454 e. The zero-order chi connectivity index (χ0) is 24.4. The average molecular weight is 478 g/mol. The van der Waals surface area contributed by atoms with E-state index in [2.05, 4.69) is 15.6 Å². The lowest BCUT2D eigenvalue weighted by Gasteiger charge is -2.33. The maximum absolute atomic E-state index is 13.3. The van der Waals surface area contributed by atoms with Gasteiger partial charge in [0.15, 0.2) is 11.5 Å². The Morgan fingerprint density at radius 3 is 2.66 bits per heavy atom. The summed E-state index contributed by atoms with van der Waals surface area (Å²) in [6.07, 6.45) is 3.22. The number of nitrogens with one attached hydrogen (secondary N) is 3. The molecule has 1 fully saturated rings. The number of primary amides is 1. The number of H-pyrrole nitrogens is 1. The van der Waals surface area contributed by atoms with E-state index in [1.165, 1.54) is 0 Å². The number of aromatic nitrogens is 1. The number of hydrogen-bond donors (Lipinski definition) is 4. The summed E-state index contributed by atoms with van der Waals surface area (Å²) < 4.78 is 10.7. The summed E-state index contributed by atoms with van der Waals surface area (Å²) in [6, 6.07) is 11.5. The van der Waals surface area contributed by atoms with Gasteiger partial charge < -0.3 is 35.7 Å². The maximum atomic E-state index is 13.3. The Morgan fingerprint density at radius 2 is 1.86 bits per heavy atom. The molecule has 4 amide bonds. The summed E-state index contributed by atoms with van der Waals surface area (Å²) >= 11 is 0. The second-order valence-electron chi connectivity index (χ2n) is 8.78. The summed E-state index contributed by atoms with van der Waals surface area (Å²) in [6.45, 7) is 1.01. The third-order valence-electron chi connectivity index (χ3n) is 6.53. The molecule has 0 spiro atoms. The SMILES string of the molecule is NC(=O)N[C@@H](Cc1c[nH]c2ccccc12)C(=O)N1CCC(C(=O)Nc2ccc3c(c2)OCO3)CC1. The highest BCUT2D eigenvalue weighted by atomic mass is 16.7. The van der Waals surface area contributed by atoms with Crippen molar-refractivity contribution in [2.45, 2.75) is 25.3 Å². The first-order chi connectivity index (χ1) is 17.0. The number of benzene rings is 2. The lowest BCUT2D eigenvalue weighted by Crippen LogP contribution is -2.53. The van der Waals surface area contributed by atoms with Crippen LogP contribution < -0.4 is 25.8 Å². The molecule has 5 rings (SSSR count). The van der Waals surface area contributed by atoms with Crippen molar-refractivity contribution in [2.24, 2.45) is 11.7 Å². The number of fused-ring (bicyclic) bond motifs is 2. The lowest BCUT2D eigenvalue weighted by molar-refractivity contribution is -0.136. The van der Waals surface area contributed by atoms with Gasteiger partial charge in [-0.1, -0.05) is 18.2 Å². The molecule has 3 heterocycles. The summed E-state index contributed by atoms with van der Waals surface area (Å²) in [5.41, 5.74) is 7.90. The van der Waals surface area contributed by atoms with Gasteiger partial charge in [-0.25, -0.2) is 4.79 Å². The Kier molecular flexibility index (Phi) is 6.17. The first kappa shape index (κ1) is 22.6. The van der Waals surface area contributed by atoms with Crippen molar-refractivity contribution in [3.8, 4) is 11.5 Å². The van der Waals surface area contributed by atoms with E-state index in [9.17, 15) is 14.4 Å². The van der Waals surface area contributed by atoms with E-state index in [4.69, 9.17) is 15.2 Å². The predicted molar refractivity (Wildman–Crippen MR) is 129 cm³/mol. The topological polar surface area (TPSA) is 139 Å². The standard InChI is InChI=1S/C25H27N5O5/c26-25(33)29-20(11-16-13-27-19-4-2-1-3-18(16)19)24(32)30-9-7-15(8-10-30)23(31)28-17-5-6-21-22(12-17)35-14-34-21/h1-6,12-13,15,20,27H,7-11,14H2,(H,28,31)(H3,26,29,33)/t20-/m0/s1. The van der Waals surface area contributed by atoms with Crippen molar-refractivity contribution >= 4 is 34.4 Å². The molecule has 0 saturated carbocycles. The minimum Gasteiger partial charge on any atom is -0.454 e. The van der Waals surface area contributed by atoms with Crippen LogP contribution >= 0.6 is 0 Å². The molecule has 2 aliphatic rings. The number of nitrogens with two attached hydrogens (primary N) is 1. The number of hydrogen-bond acceptors (Lipinski definition) is 5. The first-order valence-electron chi connectivity index (χ1n) is 11.6. The molecule has 0 bridgehead atoms. The quantitative estimate of drug-likeness (QED) is 0.432. The number of nitrogens with zero attached hydrogens (tertiary/aromatic N) is 1. The molecule has 35 heavy (non-hydrogen) atoms. The summed E-state index contributed by atoms with van der Waals surface area (Å²) in [5.74, 6) is 0.735. The Balaban J connectivity index is 1.20. The molecule has 0 aliphatic carbocycles. The number of urea groups is 1. The van der Waals surface area contributed by atoms with Crippen molar-refractivity contribution in [1.82, 2.24) is 15.2 Å². The van der Waals surface area contributed by atoms with Crippen LogP contribution in [-0.4, -0.2) is 53.7 Å². The van der Waals surface area contributed by atoms with Crippen LogP contribution in [0.15, 0.2) is 48.7 Å². The van der Waals surface area contributed by atoms with Gasteiger partial charge in [0.05, 0.1) is 0 Å². The third-order valence-corrected chi connectivity index (χ3v) is 6.53. The number of ether oxygens (including phenoxy) is 2. The minimum absolute atomic E-state index is 0.0958.